The zero-order valence-electron chi connectivity index (χ0n) is 69.0. The second-order valence-corrected chi connectivity index (χ2v) is 31.4. The molecule has 16 aromatic carbocycles. The largest absolute Gasteiger partial charge is 0.417 e. The van der Waals surface area contributed by atoms with E-state index in [0.717, 1.165) is 33.1 Å². The zero-order chi connectivity index (χ0) is 92.8. The number of hydrogen-bond donors (Lipinski definition) is 0. The van der Waals surface area contributed by atoms with Crippen LogP contribution in [0.25, 0.3) is 201 Å². The summed E-state index contributed by atoms with van der Waals surface area (Å²) in [5.41, 5.74) is 7.07. The molecule has 133 heavy (non-hydrogen) atoms. The van der Waals surface area contributed by atoms with Gasteiger partial charge >= 0.3 is 18.5 Å². The van der Waals surface area contributed by atoms with Crippen molar-refractivity contribution >= 4 is 116 Å². The van der Waals surface area contributed by atoms with E-state index < -0.39 is 46.3 Å². The molecule has 20 aromatic rings. The van der Waals surface area contributed by atoms with E-state index in [-0.39, 0.29) is 67.8 Å². The minimum Gasteiger partial charge on any atom is -0.319 e. The molecule has 0 spiro atoms. The fourth-order valence-corrected chi connectivity index (χ4v) is 18.4. The fourth-order valence-electron chi connectivity index (χ4n) is 18.4. The van der Waals surface area contributed by atoms with Crippen LogP contribution >= 0.6 is 0 Å². The van der Waals surface area contributed by atoms with Gasteiger partial charge in [-0.25, -0.2) is 24.2 Å². The van der Waals surface area contributed by atoms with E-state index in [1.54, 1.807) is 145 Å². The van der Waals surface area contributed by atoms with Crippen molar-refractivity contribution in [2.45, 2.75) is 25.5 Å². The van der Waals surface area contributed by atoms with Crippen molar-refractivity contribution in [3.05, 3.63) is 410 Å². The Hall–Kier alpha value is -19.0. The molecular formula is C110H53F9N14. The first kappa shape index (κ1) is 83.5. The number of hydrogen-bond acceptors (Lipinski definition) is 5. The van der Waals surface area contributed by atoms with Gasteiger partial charge in [0.25, 0.3) is 0 Å². The number of benzene rings is 16. The highest BCUT2D eigenvalue weighted by atomic mass is 19.4. The maximum Gasteiger partial charge on any atom is 0.417 e. The summed E-state index contributed by atoms with van der Waals surface area (Å²) in [6.07, 6.45) is -15.3. The van der Waals surface area contributed by atoms with Crippen molar-refractivity contribution in [2.75, 3.05) is 0 Å². The summed E-state index contributed by atoms with van der Waals surface area (Å²) in [4.78, 5) is 18.4. The minimum atomic E-state index is -5.26. The first-order chi connectivity index (χ1) is 64.3. The highest BCUT2D eigenvalue weighted by molar-refractivity contribution is 6.16. The Labute approximate surface area is 751 Å². The number of rotatable bonds is 10. The lowest BCUT2D eigenvalue weighted by molar-refractivity contribution is -0.142. The average molecular weight is 1740 g/mol. The number of aryl methyl sites for hydroxylation is 1. The van der Waals surface area contributed by atoms with Gasteiger partial charge in [-0.15, -0.1) is 0 Å². The second kappa shape index (κ2) is 32.4. The second-order valence-electron chi connectivity index (χ2n) is 31.4. The highest BCUT2D eigenvalue weighted by Crippen LogP contribution is 2.54. The zero-order valence-corrected chi connectivity index (χ0v) is 69.0. The standard InChI is InChI=1S/C55H25F6N7.C55H28F3N7/c1-64-36-22-31(29-62)21-34(23-36)32-15-18-49-42(26-32)39-9-4-6-13-47(39)67(49)51-20-17-41(52-45(54(56,57)58)11-8-12-46(52)55(59,60)61)53(44(51)30-63)68-48-14-7-5-10-40(48)43-27-33(16-19-50(43)68)35-24-37(65-2)28-38(25-35)66-3;1-32-9-8-12-46(55(56,57)58)52(32)45-19-20-49(64-47-13-6-4-10-41(47)43-17-15-36(27-50(43)64)38-22-33(29-59)21-34(23-38)30-60)53(63-3)54(45)65-48-14-7-5-11-42(48)44-18-16-37(28-51(44)65)39-24-35(31-61)25-40(26-39)62-2/h4-28H;4-28H,1H3. The first-order valence-electron chi connectivity index (χ1n) is 40.7. The molecule has 626 valence electrons. The van der Waals surface area contributed by atoms with Gasteiger partial charge in [-0.05, 0) is 214 Å². The molecule has 0 aliphatic heterocycles. The molecule has 0 aliphatic rings. The van der Waals surface area contributed by atoms with E-state index in [2.05, 4.69) is 54.6 Å². The smallest absolute Gasteiger partial charge is 0.319 e. The Balaban J connectivity index is 0.000000172. The van der Waals surface area contributed by atoms with Gasteiger partial charge in [0.2, 0.25) is 5.69 Å². The summed E-state index contributed by atoms with van der Waals surface area (Å²) < 4.78 is 144. The predicted octanol–water partition coefficient (Wildman–Crippen LogP) is 31.2. The monoisotopic (exact) mass is 1740 g/mol. The van der Waals surface area contributed by atoms with Gasteiger partial charge in [-0.1, -0.05) is 158 Å². The van der Waals surface area contributed by atoms with Crippen LogP contribution in [0.3, 0.4) is 0 Å². The molecule has 0 radical (unpaired) electrons. The normalized spacial score (nSPS) is 11.5. The molecule has 0 amide bonds. The number of nitrogens with zero attached hydrogens (tertiary/aromatic N) is 14. The van der Waals surface area contributed by atoms with Crippen LogP contribution in [0.2, 0.25) is 0 Å². The third-order valence-electron chi connectivity index (χ3n) is 24.0. The van der Waals surface area contributed by atoms with Crippen LogP contribution in [0.4, 0.5) is 68.0 Å². The maximum atomic E-state index is 15.2. The Morgan fingerprint density at radius 2 is 0.586 bits per heavy atom. The molecule has 0 atom stereocenters. The van der Waals surface area contributed by atoms with Crippen molar-refractivity contribution in [1.29, 1.82) is 26.3 Å². The summed E-state index contributed by atoms with van der Waals surface area (Å²) in [5, 5.41) is 56.4. The lowest BCUT2D eigenvalue weighted by atomic mass is 9.90. The summed E-state index contributed by atoms with van der Waals surface area (Å²) >= 11 is 0. The number of halogens is 9. The lowest BCUT2D eigenvalue weighted by Gasteiger charge is -2.24. The van der Waals surface area contributed by atoms with Crippen molar-refractivity contribution in [2.24, 2.45) is 0 Å². The number of nitriles is 5. The fraction of sp³-hybridized carbons (Fsp3) is 0.0364. The number of alkyl halides is 9. The third kappa shape index (κ3) is 14.2. The molecule has 0 N–H and O–H groups in total. The van der Waals surface area contributed by atoms with E-state index in [1.807, 2.05) is 112 Å². The van der Waals surface area contributed by atoms with Crippen molar-refractivity contribution in [3.8, 4) is 120 Å². The Kier molecular flexibility index (Phi) is 20.4. The molecule has 23 heteroatoms. The molecular weight excluding hydrogens is 1690 g/mol. The molecule has 4 aromatic heterocycles. The van der Waals surface area contributed by atoms with Crippen LogP contribution in [0.15, 0.2) is 303 Å². The molecule has 20 rings (SSSR count). The number of para-hydroxylation sites is 4. The summed E-state index contributed by atoms with van der Waals surface area (Å²) in [7, 11) is 0. The van der Waals surface area contributed by atoms with Gasteiger partial charge in [0.1, 0.15) is 11.6 Å². The van der Waals surface area contributed by atoms with Crippen LogP contribution in [0, 0.1) is 96.4 Å². The minimum absolute atomic E-state index is 0.0628. The molecule has 4 heterocycles. The first-order valence-corrected chi connectivity index (χ1v) is 40.7. The summed E-state index contributed by atoms with van der Waals surface area (Å²) in [6, 6.07) is 93.4. The Bertz CT molecular complexity index is 8810. The van der Waals surface area contributed by atoms with Crippen LogP contribution in [-0.2, 0) is 18.5 Å². The van der Waals surface area contributed by atoms with Gasteiger partial charge in [0, 0.05) is 65.3 Å². The van der Waals surface area contributed by atoms with E-state index in [4.69, 9.17) is 32.9 Å². The van der Waals surface area contributed by atoms with E-state index in [1.165, 1.54) is 47.0 Å². The van der Waals surface area contributed by atoms with Gasteiger partial charge in [0.05, 0.1) is 152 Å². The van der Waals surface area contributed by atoms with Crippen molar-refractivity contribution in [3.63, 3.8) is 0 Å². The van der Waals surface area contributed by atoms with Gasteiger partial charge in [0.15, 0.2) is 22.7 Å². The SMILES string of the molecule is [C-]#[N+]c1cc(C#N)cc(-c2ccc3c(c2)c2ccccc2n3-c2ccc(-c3c(C(F)(F)F)cccc3C(F)(F)F)c(-n3c4ccccc4c4cc(-c5cc([N+]#[C-])cc([N+]#[C-])c5)ccc43)c2C#N)c1.[C-]#[N+]c1cc(C#N)cc(-c2ccc3c4ccccc4n(-c4c(-c5c(C)cccc5C(F)(F)F)ccc(-n5c6ccccc6c6ccc(-c7cc(C#N)cc(C#N)c7)cc65)c4[N+]#[C-])c3c2)c1. The molecule has 0 unspecified atom stereocenters. The lowest BCUT2D eigenvalue weighted by Crippen LogP contribution is -2.16. The summed E-state index contributed by atoms with van der Waals surface area (Å²) in [6.45, 7) is 41.2. The van der Waals surface area contributed by atoms with Crippen molar-refractivity contribution in [1.82, 2.24) is 18.3 Å². The molecule has 0 saturated carbocycles. The topological polar surface area (TPSA) is 160 Å². The van der Waals surface area contributed by atoms with Crippen LogP contribution in [0.1, 0.15) is 50.1 Å². The van der Waals surface area contributed by atoms with E-state index in [0.29, 0.717) is 151 Å². The van der Waals surface area contributed by atoms with E-state index in [9.17, 15) is 26.3 Å². The molecule has 0 fully saturated rings. The quantitative estimate of drug-likeness (QED) is 0.0982. The molecule has 14 nitrogen and oxygen atoms in total. The van der Waals surface area contributed by atoms with Crippen LogP contribution in [0.5, 0.6) is 0 Å². The van der Waals surface area contributed by atoms with Gasteiger partial charge < -0.3 is 18.3 Å². The van der Waals surface area contributed by atoms with Crippen molar-refractivity contribution < 1.29 is 39.5 Å². The molecule has 0 bridgehead atoms. The van der Waals surface area contributed by atoms with E-state index >= 15 is 39.5 Å². The van der Waals surface area contributed by atoms with Crippen LogP contribution in [-0.4, -0.2) is 18.3 Å². The molecule has 0 saturated heterocycles. The van der Waals surface area contributed by atoms with Gasteiger partial charge in [-0.3, -0.25) is 0 Å². The highest BCUT2D eigenvalue weighted by Gasteiger charge is 2.43. The van der Waals surface area contributed by atoms with Crippen LogP contribution < -0.4 is 0 Å². The molecule has 0 aliphatic carbocycles. The predicted molar refractivity (Wildman–Crippen MR) is 497 cm³/mol. The Morgan fingerprint density at radius 1 is 0.256 bits per heavy atom. The average Bonchev–Trinajstić information content (AvgIpc) is 1.58. The number of aromatic nitrogens is 4. The summed E-state index contributed by atoms with van der Waals surface area (Å²) in [5.74, 6) is 0. The third-order valence-corrected chi connectivity index (χ3v) is 24.0. The maximum absolute atomic E-state index is 15.2. The Morgan fingerprint density at radius 3 is 1.02 bits per heavy atom. The number of fused-ring (bicyclic) bond motifs is 12. The van der Waals surface area contributed by atoms with Gasteiger partial charge in [-0.2, -0.15) is 65.8 Å².